The van der Waals surface area contributed by atoms with Gasteiger partial charge in [0.1, 0.15) is 11.6 Å². The molecule has 0 aromatic heterocycles. The van der Waals surface area contributed by atoms with Crippen molar-refractivity contribution in [3.8, 4) is 11.8 Å². The van der Waals surface area contributed by atoms with E-state index in [-0.39, 0.29) is 11.9 Å². The van der Waals surface area contributed by atoms with E-state index in [1.807, 2.05) is 31.2 Å². The van der Waals surface area contributed by atoms with E-state index in [0.29, 0.717) is 17.7 Å². The monoisotopic (exact) mass is 284 g/mol. The zero-order chi connectivity index (χ0) is 15.2. The van der Waals surface area contributed by atoms with Gasteiger partial charge in [-0.2, -0.15) is 5.26 Å². The van der Waals surface area contributed by atoms with Crippen molar-refractivity contribution in [2.24, 2.45) is 0 Å². The Morgan fingerprint density at radius 3 is 2.57 bits per heavy atom. The molecule has 0 aliphatic carbocycles. The summed E-state index contributed by atoms with van der Waals surface area (Å²) in [7, 11) is 1.63. The summed E-state index contributed by atoms with van der Waals surface area (Å²) < 4.78 is 18.4. The molecule has 4 heteroatoms. The normalized spacial score (nSPS) is 11.7. The number of ether oxygens (including phenoxy) is 1. The van der Waals surface area contributed by atoms with Crippen LogP contribution in [0.25, 0.3) is 0 Å². The highest BCUT2D eigenvalue weighted by molar-refractivity contribution is 5.38. The number of benzene rings is 2. The van der Waals surface area contributed by atoms with Gasteiger partial charge in [0.25, 0.3) is 0 Å². The van der Waals surface area contributed by atoms with Gasteiger partial charge in [-0.3, -0.25) is 0 Å². The Balaban J connectivity index is 2.05. The van der Waals surface area contributed by atoms with Gasteiger partial charge in [-0.05, 0) is 48.4 Å². The molecule has 0 bridgehead atoms. The summed E-state index contributed by atoms with van der Waals surface area (Å²) in [4.78, 5) is 0. The highest BCUT2D eigenvalue weighted by atomic mass is 19.1. The van der Waals surface area contributed by atoms with Crippen LogP contribution in [0.4, 0.5) is 4.39 Å². The molecule has 0 spiro atoms. The van der Waals surface area contributed by atoms with Crippen LogP contribution >= 0.6 is 0 Å². The Morgan fingerprint density at radius 2 is 1.95 bits per heavy atom. The smallest absolute Gasteiger partial charge is 0.123 e. The van der Waals surface area contributed by atoms with Gasteiger partial charge in [0, 0.05) is 12.6 Å². The number of hydrogen-bond donors (Lipinski definition) is 1. The predicted octanol–water partition coefficient (Wildman–Crippen LogP) is 3.56. The number of halogens is 1. The second kappa shape index (κ2) is 6.87. The van der Waals surface area contributed by atoms with Gasteiger partial charge in [-0.25, -0.2) is 4.39 Å². The van der Waals surface area contributed by atoms with Crippen LogP contribution in [0.15, 0.2) is 42.5 Å². The molecule has 2 aromatic rings. The lowest BCUT2D eigenvalue weighted by molar-refractivity contribution is 0.414. The van der Waals surface area contributed by atoms with Crippen LogP contribution in [-0.4, -0.2) is 7.11 Å². The molecule has 0 aliphatic heterocycles. The van der Waals surface area contributed by atoms with Gasteiger partial charge in [0.05, 0.1) is 18.7 Å². The number of nitrogens with one attached hydrogen (secondary N) is 1. The molecule has 0 unspecified atom stereocenters. The Bertz CT molecular complexity index is 647. The molecule has 0 fully saturated rings. The van der Waals surface area contributed by atoms with Gasteiger partial charge in [0.2, 0.25) is 0 Å². The summed E-state index contributed by atoms with van der Waals surface area (Å²) in [6.45, 7) is 2.46. The fourth-order valence-electron chi connectivity index (χ4n) is 2.09. The first-order valence-corrected chi connectivity index (χ1v) is 6.70. The van der Waals surface area contributed by atoms with Crippen molar-refractivity contribution < 1.29 is 9.13 Å². The molecule has 108 valence electrons. The van der Waals surface area contributed by atoms with Gasteiger partial charge >= 0.3 is 0 Å². The largest absolute Gasteiger partial charge is 0.497 e. The third kappa shape index (κ3) is 3.80. The predicted molar refractivity (Wildman–Crippen MR) is 79.4 cm³/mol. The number of nitriles is 1. The summed E-state index contributed by atoms with van der Waals surface area (Å²) in [5.41, 5.74) is 2.26. The van der Waals surface area contributed by atoms with Crippen molar-refractivity contribution in [3.05, 3.63) is 65.0 Å². The topological polar surface area (TPSA) is 45.0 Å². The van der Waals surface area contributed by atoms with Crippen LogP contribution < -0.4 is 10.1 Å². The molecule has 21 heavy (non-hydrogen) atoms. The molecule has 0 heterocycles. The third-order valence-electron chi connectivity index (χ3n) is 3.40. The molecule has 2 aromatic carbocycles. The van der Waals surface area contributed by atoms with E-state index in [4.69, 9.17) is 10.00 Å². The summed E-state index contributed by atoms with van der Waals surface area (Å²) in [6.07, 6.45) is 0. The molecular formula is C17H17FN2O. The van der Waals surface area contributed by atoms with Crippen LogP contribution in [0, 0.1) is 17.1 Å². The number of hydrogen-bond acceptors (Lipinski definition) is 3. The summed E-state index contributed by atoms with van der Waals surface area (Å²) in [5, 5.41) is 12.3. The van der Waals surface area contributed by atoms with Gasteiger partial charge in [-0.15, -0.1) is 0 Å². The van der Waals surface area contributed by atoms with E-state index >= 15 is 0 Å². The number of methoxy groups -OCH3 is 1. The third-order valence-corrected chi connectivity index (χ3v) is 3.40. The maximum absolute atomic E-state index is 13.3. The second-order valence-corrected chi connectivity index (χ2v) is 4.79. The highest BCUT2D eigenvalue weighted by Gasteiger charge is 2.08. The molecule has 0 saturated heterocycles. The van der Waals surface area contributed by atoms with E-state index in [1.54, 1.807) is 7.11 Å². The molecule has 1 atom stereocenters. The first-order valence-electron chi connectivity index (χ1n) is 6.70. The molecule has 1 N–H and O–H groups in total. The minimum absolute atomic E-state index is 0.0886. The van der Waals surface area contributed by atoms with Crippen molar-refractivity contribution in [1.29, 1.82) is 5.26 Å². The molecule has 0 saturated carbocycles. The van der Waals surface area contributed by atoms with Crippen LogP contribution in [-0.2, 0) is 6.54 Å². The standard InChI is InChI=1S/C17H17FN2O/c1-12(13-4-7-17(21-2)8-5-13)20-11-15-9-16(18)6-3-14(15)10-19/h3-9,12,20H,11H2,1-2H3/t12-/m1/s1. The molecule has 3 nitrogen and oxygen atoms in total. The Labute approximate surface area is 124 Å². The minimum atomic E-state index is -0.331. The highest BCUT2D eigenvalue weighted by Crippen LogP contribution is 2.18. The molecule has 0 aliphatic rings. The lowest BCUT2D eigenvalue weighted by atomic mass is 10.1. The lowest BCUT2D eigenvalue weighted by Crippen LogP contribution is -2.18. The summed E-state index contributed by atoms with van der Waals surface area (Å²) in [6, 6.07) is 14.1. The molecular weight excluding hydrogens is 267 g/mol. The first-order chi connectivity index (χ1) is 10.1. The minimum Gasteiger partial charge on any atom is -0.497 e. The van der Waals surface area contributed by atoms with Crippen molar-refractivity contribution in [1.82, 2.24) is 5.32 Å². The fourth-order valence-corrected chi connectivity index (χ4v) is 2.09. The van der Waals surface area contributed by atoms with Crippen LogP contribution in [0.5, 0.6) is 5.75 Å². The lowest BCUT2D eigenvalue weighted by Gasteiger charge is -2.15. The summed E-state index contributed by atoms with van der Waals surface area (Å²) >= 11 is 0. The van der Waals surface area contributed by atoms with Gasteiger partial charge < -0.3 is 10.1 Å². The molecule has 0 amide bonds. The van der Waals surface area contributed by atoms with E-state index in [9.17, 15) is 4.39 Å². The average molecular weight is 284 g/mol. The van der Waals surface area contributed by atoms with Crippen molar-refractivity contribution in [3.63, 3.8) is 0 Å². The quantitative estimate of drug-likeness (QED) is 0.913. The average Bonchev–Trinajstić information content (AvgIpc) is 2.52. The number of rotatable bonds is 5. The SMILES string of the molecule is COc1ccc([C@@H](C)NCc2cc(F)ccc2C#N)cc1. The summed E-state index contributed by atoms with van der Waals surface area (Å²) in [5.74, 6) is 0.478. The first kappa shape index (κ1) is 15.0. The van der Waals surface area contributed by atoms with E-state index in [1.165, 1.54) is 18.2 Å². The Kier molecular flexibility index (Phi) is 4.91. The Morgan fingerprint density at radius 1 is 1.24 bits per heavy atom. The van der Waals surface area contributed by atoms with Crippen molar-refractivity contribution in [2.75, 3.05) is 7.11 Å². The molecule has 0 radical (unpaired) electrons. The number of nitrogens with zero attached hydrogens (tertiary/aromatic N) is 1. The maximum Gasteiger partial charge on any atom is 0.123 e. The van der Waals surface area contributed by atoms with Crippen LogP contribution in [0.3, 0.4) is 0 Å². The van der Waals surface area contributed by atoms with Crippen LogP contribution in [0.1, 0.15) is 29.7 Å². The molecule has 2 rings (SSSR count). The Hall–Kier alpha value is -2.38. The van der Waals surface area contributed by atoms with Gasteiger partial charge in [-0.1, -0.05) is 12.1 Å². The second-order valence-electron chi connectivity index (χ2n) is 4.79. The fraction of sp³-hybridized carbons (Fsp3) is 0.235. The van der Waals surface area contributed by atoms with Gasteiger partial charge in [0.15, 0.2) is 0 Å². The van der Waals surface area contributed by atoms with E-state index in [0.717, 1.165) is 11.3 Å². The van der Waals surface area contributed by atoms with Crippen molar-refractivity contribution >= 4 is 0 Å². The van der Waals surface area contributed by atoms with E-state index < -0.39 is 0 Å². The van der Waals surface area contributed by atoms with Crippen LogP contribution in [0.2, 0.25) is 0 Å². The zero-order valence-corrected chi connectivity index (χ0v) is 12.1. The van der Waals surface area contributed by atoms with E-state index in [2.05, 4.69) is 11.4 Å². The van der Waals surface area contributed by atoms with Crippen molar-refractivity contribution in [2.45, 2.75) is 19.5 Å². The maximum atomic E-state index is 13.3. The zero-order valence-electron chi connectivity index (χ0n) is 12.1.